The number of amidine groups is 1. The van der Waals surface area contributed by atoms with Gasteiger partial charge in [-0.3, -0.25) is 9.69 Å². The van der Waals surface area contributed by atoms with E-state index in [0.717, 1.165) is 27.9 Å². The number of hydrogen-bond acceptors (Lipinski definition) is 3. The molecule has 0 aromatic heterocycles. The zero-order chi connectivity index (χ0) is 22.7. The number of carbonyl (C=O) groups excluding carboxylic acids is 1. The largest absolute Gasteiger partial charge is 0.508 e. The fourth-order valence-corrected chi connectivity index (χ4v) is 3.80. The fourth-order valence-electron chi connectivity index (χ4n) is 3.80. The average molecular weight is 423 g/mol. The number of aryl methyl sites for hydroxylation is 1. The summed E-state index contributed by atoms with van der Waals surface area (Å²) in [6, 6.07) is 23.3. The van der Waals surface area contributed by atoms with E-state index in [1.807, 2.05) is 105 Å². The number of rotatable bonds is 5. The van der Waals surface area contributed by atoms with Gasteiger partial charge < -0.3 is 5.11 Å². The number of phenolic OH excluding ortho intramolecular Hbond substituents is 1. The van der Waals surface area contributed by atoms with Crippen LogP contribution in [0, 0.1) is 6.92 Å². The molecule has 1 amide bonds. The molecule has 32 heavy (non-hydrogen) atoms. The first-order valence-electron chi connectivity index (χ1n) is 10.7. The summed E-state index contributed by atoms with van der Waals surface area (Å²) in [7, 11) is 0. The van der Waals surface area contributed by atoms with Crippen molar-refractivity contribution in [2.24, 2.45) is 4.99 Å². The monoisotopic (exact) mass is 422 g/mol. The van der Waals surface area contributed by atoms with Crippen LogP contribution < -0.4 is 4.90 Å². The summed E-state index contributed by atoms with van der Waals surface area (Å²) in [6.45, 7) is 6.01. The van der Waals surface area contributed by atoms with Crippen LogP contribution in [-0.2, 0) is 4.79 Å². The van der Waals surface area contributed by atoms with Crippen LogP contribution in [0.25, 0.3) is 6.08 Å². The summed E-state index contributed by atoms with van der Waals surface area (Å²) in [4.78, 5) is 19.3. The van der Waals surface area contributed by atoms with Crippen LogP contribution in [-0.4, -0.2) is 16.8 Å². The second-order valence-electron chi connectivity index (χ2n) is 8.12. The van der Waals surface area contributed by atoms with E-state index in [9.17, 15) is 9.90 Å². The van der Waals surface area contributed by atoms with E-state index >= 15 is 0 Å². The maximum atomic E-state index is 13.0. The molecular weight excluding hydrogens is 396 g/mol. The Bertz CT molecular complexity index is 1220. The minimum atomic E-state index is -0.292. The molecule has 4 rings (SSSR count). The summed E-state index contributed by atoms with van der Waals surface area (Å²) in [6.07, 6.45) is 5.64. The molecule has 1 N–H and O–H groups in total. The smallest absolute Gasteiger partial charge is 0.296 e. The SMILES string of the molecule is Cc1cc(O)c(C(C)C)cc1N1C(c2ccccc2)=NC(=O)/C1=C\C=C\c1ccccc1. The number of carbonyl (C=O) groups is 1. The van der Waals surface area contributed by atoms with Gasteiger partial charge in [0.05, 0.1) is 5.69 Å². The van der Waals surface area contributed by atoms with E-state index in [4.69, 9.17) is 0 Å². The lowest BCUT2D eigenvalue weighted by molar-refractivity contribution is -0.113. The summed E-state index contributed by atoms with van der Waals surface area (Å²) >= 11 is 0. The highest BCUT2D eigenvalue weighted by Crippen LogP contribution is 2.37. The van der Waals surface area contributed by atoms with Gasteiger partial charge in [-0.2, -0.15) is 4.99 Å². The van der Waals surface area contributed by atoms with Gasteiger partial charge in [0, 0.05) is 5.56 Å². The van der Waals surface area contributed by atoms with Crippen molar-refractivity contribution in [2.75, 3.05) is 4.90 Å². The summed E-state index contributed by atoms with van der Waals surface area (Å²) in [5.41, 5.74) is 4.90. The predicted octanol–water partition coefficient (Wildman–Crippen LogP) is 6.21. The van der Waals surface area contributed by atoms with E-state index in [1.165, 1.54) is 0 Å². The summed E-state index contributed by atoms with van der Waals surface area (Å²) in [5, 5.41) is 10.5. The topological polar surface area (TPSA) is 52.9 Å². The number of benzene rings is 3. The van der Waals surface area contributed by atoms with Crippen LogP contribution in [0.15, 0.2) is 95.6 Å². The van der Waals surface area contributed by atoms with Crippen molar-refractivity contribution in [1.82, 2.24) is 0 Å². The lowest BCUT2D eigenvalue weighted by Crippen LogP contribution is -2.28. The Morgan fingerprint density at radius 2 is 1.62 bits per heavy atom. The average Bonchev–Trinajstić information content (AvgIpc) is 3.11. The predicted molar refractivity (Wildman–Crippen MR) is 131 cm³/mol. The van der Waals surface area contributed by atoms with E-state index in [2.05, 4.69) is 4.99 Å². The second-order valence-corrected chi connectivity index (χ2v) is 8.12. The maximum Gasteiger partial charge on any atom is 0.296 e. The highest BCUT2D eigenvalue weighted by Gasteiger charge is 2.32. The van der Waals surface area contributed by atoms with E-state index in [0.29, 0.717) is 11.5 Å². The molecule has 0 aliphatic carbocycles. The van der Waals surface area contributed by atoms with Crippen LogP contribution in [0.4, 0.5) is 5.69 Å². The number of hydrogen-bond donors (Lipinski definition) is 1. The Balaban J connectivity index is 1.84. The van der Waals surface area contributed by atoms with Crippen molar-refractivity contribution in [2.45, 2.75) is 26.7 Å². The third-order valence-corrected chi connectivity index (χ3v) is 5.46. The van der Waals surface area contributed by atoms with Gasteiger partial charge in [-0.25, -0.2) is 0 Å². The Kier molecular flexibility index (Phi) is 6.04. The number of aliphatic imine (C=N–C) groups is 1. The van der Waals surface area contributed by atoms with Gasteiger partial charge in [-0.15, -0.1) is 0 Å². The summed E-state index contributed by atoms with van der Waals surface area (Å²) in [5.74, 6) is 0.688. The van der Waals surface area contributed by atoms with Crippen LogP contribution in [0.2, 0.25) is 0 Å². The molecule has 3 aromatic carbocycles. The molecule has 160 valence electrons. The van der Waals surface area contributed by atoms with Crippen molar-refractivity contribution in [3.63, 3.8) is 0 Å². The van der Waals surface area contributed by atoms with Gasteiger partial charge in [-0.05, 0) is 47.7 Å². The first-order chi connectivity index (χ1) is 15.5. The Morgan fingerprint density at radius 3 is 2.28 bits per heavy atom. The molecule has 0 unspecified atom stereocenters. The van der Waals surface area contributed by atoms with E-state index in [-0.39, 0.29) is 17.6 Å². The first kappa shape index (κ1) is 21.3. The molecule has 0 radical (unpaired) electrons. The quantitative estimate of drug-likeness (QED) is 0.497. The highest BCUT2D eigenvalue weighted by atomic mass is 16.3. The third kappa shape index (κ3) is 4.26. The molecule has 3 aromatic rings. The zero-order valence-electron chi connectivity index (χ0n) is 18.5. The Hall–Kier alpha value is -3.92. The van der Waals surface area contributed by atoms with Crippen LogP contribution in [0.1, 0.15) is 42.0 Å². The highest BCUT2D eigenvalue weighted by molar-refractivity contribution is 6.27. The third-order valence-electron chi connectivity index (χ3n) is 5.46. The van der Waals surface area contributed by atoms with Crippen molar-refractivity contribution < 1.29 is 9.90 Å². The van der Waals surface area contributed by atoms with Gasteiger partial charge in [0.2, 0.25) is 0 Å². The fraction of sp³-hybridized carbons (Fsp3) is 0.143. The number of allylic oxidation sites excluding steroid dienone is 2. The molecule has 0 spiro atoms. The minimum Gasteiger partial charge on any atom is -0.508 e. The molecule has 0 atom stereocenters. The van der Waals surface area contributed by atoms with Crippen LogP contribution in [0.5, 0.6) is 5.75 Å². The zero-order valence-corrected chi connectivity index (χ0v) is 18.5. The summed E-state index contributed by atoms with van der Waals surface area (Å²) < 4.78 is 0. The normalized spacial score (nSPS) is 15.2. The lowest BCUT2D eigenvalue weighted by atomic mass is 9.98. The molecule has 1 aliphatic heterocycles. The second kappa shape index (κ2) is 9.06. The first-order valence-corrected chi connectivity index (χ1v) is 10.7. The standard InChI is InChI=1S/C28H26N2O2/c1-19(2)23-18-25(20(3)17-26(23)31)30-24(16-10-13-21-11-6-4-7-12-21)28(32)29-27(30)22-14-8-5-9-15-22/h4-19,31H,1-3H3/b13-10+,24-16+. The molecule has 4 heteroatoms. The Labute approximate surface area is 188 Å². The number of nitrogens with zero attached hydrogens (tertiary/aromatic N) is 2. The van der Waals surface area contributed by atoms with E-state index in [1.54, 1.807) is 12.1 Å². The molecule has 4 nitrogen and oxygen atoms in total. The number of phenols is 1. The molecule has 0 saturated heterocycles. The Morgan fingerprint density at radius 1 is 0.969 bits per heavy atom. The molecule has 1 aliphatic rings. The van der Waals surface area contributed by atoms with Crippen LogP contribution in [0.3, 0.4) is 0 Å². The van der Waals surface area contributed by atoms with Crippen molar-refractivity contribution in [3.8, 4) is 5.75 Å². The minimum absolute atomic E-state index is 0.134. The van der Waals surface area contributed by atoms with Crippen LogP contribution >= 0.6 is 0 Å². The molecular formula is C28H26N2O2. The number of amides is 1. The number of anilines is 1. The molecule has 0 fully saturated rings. The van der Waals surface area contributed by atoms with Gasteiger partial charge in [-0.1, -0.05) is 86.7 Å². The van der Waals surface area contributed by atoms with Crippen molar-refractivity contribution in [3.05, 3.63) is 113 Å². The molecule has 1 heterocycles. The van der Waals surface area contributed by atoms with Gasteiger partial charge in [0.1, 0.15) is 17.3 Å². The van der Waals surface area contributed by atoms with Gasteiger partial charge in [0.15, 0.2) is 0 Å². The van der Waals surface area contributed by atoms with Gasteiger partial charge in [0.25, 0.3) is 5.91 Å². The lowest BCUT2D eigenvalue weighted by Gasteiger charge is -2.25. The van der Waals surface area contributed by atoms with E-state index < -0.39 is 0 Å². The maximum absolute atomic E-state index is 13.0. The van der Waals surface area contributed by atoms with Crippen molar-refractivity contribution >= 4 is 23.5 Å². The van der Waals surface area contributed by atoms with Gasteiger partial charge >= 0.3 is 0 Å². The molecule has 0 bridgehead atoms. The number of aromatic hydroxyl groups is 1. The molecule has 0 saturated carbocycles. The van der Waals surface area contributed by atoms with Crippen molar-refractivity contribution in [1.29, 1.82) is 0 Å².